The lowest BCUT2D eigenvalue weighted by Crippen LogP contribution is -2.58. The van der Waals surface area contributed by atoms with E-state index in [4.69, 9.17) is 4.74 Å². The number of benzene rings is 8. The molecule has 0 fully saturated rings. The lowest BCUT2D eigenvalue weighted by atomic mass is 9.34. The SMILES string of the molecule is Cc1cc(C)c(-c2ccc3c(c2)c2cc(-c4c(C)cc(C)cc4C)cc4c2n3-c2cc(-c3ccccc3)cc3c2B4c2ccc(-c4ccccc4)cc2O3)c(C)c1. The van der Waals surface area contributed by atoms with Crippen LogP contribution in [0.2, 0.25) is 0 Å². The normalized spacial score (nSPS) is 12.5. The molecule has 1 aromatic heterocycles. The van der Waals surface area contributed by atoms with Crippen LogP contribution in [0.3, 0.4) is 0 Å². The molecule has 0 spiro atoms. The molecule has 2 aliphatic rings. The van der Waals surface area contributed by atoms with Gasteiger partial charge in [-0.1, -0.05) is 120 Å². The Morgan fingerprint density at radius 2 is 0.982 bits per heavy atom. The number of ether oxygens (including phenoxy) is 1. The molecule has 3 heterocycles. The molecule has 9 aromatic rings. The molecule has 272 valence electrons. The number of rotatable bonds is 4. The number of nitrogens with zero attached hydrogens (tertiary/aromatic N) is 1. The lowest BCUT2D eigenvalue weighted by Gasteiger charge is -2.34. The van der Waals surface area contributed by atoms with E-state index in [2.05, 4.69) is 192 Å². The van der Waals surface area contributed by atoms with Crippen LogP contribution in [-0.4, -0.2) is 11.3 Å². The van der Waals surface area contributed by atoms with Crippen LogP contribution in [0.25, 0.3) is 72.0 Å². The minimum Gasteiger partial charge on any atom is -0.458 e. The van der Waals surface area contributed by atoms with E-state index in [1.165, 1.54) is 111 Å². The third-order valence-corrected chi connectivity index (χ3v) is 12.5. The van der Waals surface area contributed by atoms with Crippen LogP contribution in [0.4, 0.5) is 0 Å². The molecular weight excluding hydrogens is 689 g/mol. The second kappa shape index (κ2) is 12.5. The summed E-state index contributed by atoms with van der Waals surface area (Å²) in [5.41, 5.74) is 25.1. The quantitative estimate of drug-likeness (QED) is 0.164. The Kier molecular flexibility index (Phi) is 7.38. The second-order valence-corrected chi connectivity index (χ2v) is 16.5. The lowest BCUT2D eigenvalue weighted by molar-refractivity contribution is 0.487. The summed E-state index contributed by atoms with van der Waals surface area (Å²) < 4.78 is 9.66. The average Bonchev–Trinajstić information content (AvgIpc) is 3.53. The van der Waals surface area contributed by atoms with Crippen molar-refractivity contribution in [3.63, 3.8) is 0 Å². The Morgan fingerprint density at radius 1 is 0.421 bits per heavy atom. The molecule has 0 saturated heterocycles. The summed E-state index contributed by atoms with van der Waals surface area (Å²) in [5, 5.41) is 2.55. The van der Waals surface area contributed by atoms with E-state index in [9.17, 15) is 0 Å². The van der Waals surface area contributed by atoms with Crippen LogP contribution >= 0.6 is 0 Å². The number of hydrogen-bond donors (Lipinski definition) is 0. The zero-order valence-electron chi connectivity index (χ0n) is 33.3. The smallest absolute Gasteiger partial charge is 0.256 e. The predicted octanol–water partition coefficient (Wildman–Crippen LogP) is 12.2. The van der Waals surface area contributed by atoms with Crippen LogP contribution in [0, 0.1) is 41.5 Å². The Hall–Kier alpha value is -6.58. The van der Waals surface area contributed by atoms with Gasteiger partial charge >= 0.3 is 0 Å². The van der Waals surface area contributed by atoms with Gasteiger partial charge in [0, 0.05) is 22.0 Å². The van der Waals surface area contributed by atoms with E-state index in [0.717, 1.165) is 22.6 Å². The zero-order valence-corrected chi connectivity index (χ0v) is 33.3. The highest BCUT2D eigenvalue weighted by atomic mass is 16.5. The fourth-order valence-electron chi connectivity index (χ4n) is 10.5. The van der Waals surface area contributed by atoms with E-state index in [1.807, 2.05) is 0 Å². The van der Waals surface area contributed by atoms with Gasteiger partial charge in [0.2, 0.25) is 0 Å². The van der Waals surface area contributed by atoms with Crippen molar-refractivity contribution < 1.29 is 4.74 Å². The van der Waals surface area contributed by atoms with Crippen LogP contribution in [-0.2, 0) is 0 Å². The monoisotopic (exact) mass is 731 g/mol. The maximum absolute atomic E-state index is 7.11. The maximum atomic E-state index is 7.11. The van der Waals surface area contributed by atoms with Gasteiger partial charge in [0.15, 0.2) is 0 Å². The Labute approximate surface area is 335 Å². The van der Waals surface area contributed by atoms with E-state index in [1.54, 1.807) is 0 Å². The van der Waals surface area contributed by atoms with Gasteiger partial charge in [0.05, 0.1) is 5.52 Å². The van der Waals surface area contributed by atoms with Crippen molar-refractivity contribution in [2.45, 2.75) is 41.5 Å². The number of fused-ring (bicyclic) bond motifs is 7. The maximum Gasteiger partial charge on any atom is 0.256 e. The molecule has 0 aliphatic carbocycles. The predicted molar refractivity (Wildman–Crippen MR) is 242 cm³/mol. The van der Waals surface area contributed by atoms with E-state index in [-0.39, 0.29) is 6.71 Å². The summed E-state index contributed by atoms with van der Waals surface area (Å²) >= 11 is 0. The summed E-state index contributed by atoms with van der Waals surface area (Å²) in [4.78, 5) is 0. The van der Waals surface area contributed by atoms with Gasteiger partial charge in [-0.2, -0.15) is 0 Å². The van der Waals surface area contributed by atoms with Gasteiger partial charge in [-0.05, 0) is 161 Å². The van der Waals surface area contributed by atoms with Crippen LogP contribution in [0.15, 0.2) is 146 Å². The average molecular weight is 732 g/mol. The van der Waals surface area contributed by atoms with E-state index < -0.39 is 0 Å². The van der Waals surface area contributed by atoms with Crippen LogP contribution in [0.5, 0.6) is 11.5 Å². The van der Waals surface area contributed by atoms with Crippen LogP contribution < -0.4 is 21.1 Å². The van der Waals surface area contributed by atoms with Gasteiger partial charge in [-0.3, -0.25) is 0 Å². The molecule has 2 aliphatic heterocycles. The first-order valence-corrected chi connectivity index (χ1v) is 20.1. The van der Waals surface area contributed by atoms with Crippen molar-refractivity contribution in [1.29, 1.82) is 0 Å². The van der Waals surface area contributed by atoms with Crippen LogP contribution in [0.1, 0.15) is 33.4 Å². The molecule has 0 radical (unpaired) electrons. The first-order valence-electron chi connectivity index (χ1n) is 20.1. The summed E-state index contributed by atoms with van der Waals surface area (Å²) in [6, 6.07) is 54.3. The molecule has 0 bridgehead atoms. The molecule has 57 heavy (non-hydrogen) atoms. The topological polar surface area (TPSA) is 14.2 Å². The van der Waals surface area contributed by atoms with Gasteiger partial charge in [0.25, 0.3) is 6.71 Å². The van der Waals surface area contributed by atoms with Crippen molar-refractivity contribution in [3.8, 4) is 61.7 Å². The molecule has 8 aromatic carbocycles. The molecule has 2 nitrogen and oxygen atoms in total. The highest BCUT2D eigenvalue weighted by Gasteiger charge is 2.41. The van der Waals surface area contributed by atoms with Gasteiger partial charge in [0.1, 0.15) is 11.5 Å². The summed E-state index contributed by atoms with van der Waals surface area (Å²) in [6.07, 6.45) is 0. The van der Waals surface area contributed by atoms with Crippen molar-refractivity contribution in [3.05, 3.63) is 179 Å². The highest BCUT2D eigenvalue weighted by Crippen LogP contribution is 2.43. The van der Waals surface area contributed by atoms with E-state index >= 15 is 0 Å². The third-order valence-electron chi connectivity index (χ3n) is 12.5. The molecule has 3 heteroatoms. The molecule has 0 N–H and O–H groups in total. The largest absolute Gasteiger partial charge is 0.458 e. The minimum absolute atomic E-state index is 0.0141. The Bertz CT molecular complexity index is 3110. The third kappa shape index (κ3) is 5.11. The number of aromatic nitrogens is 1. The standard InChI is InChI=1S/C54H42BNO/c1-31-21-33(3)51(34(4)22-31)40-18-20-47-43(25-40)44-26-42(52-35(5)23-32(2)24-36(52)6)27-46-54(44)56(47)48-28-41(38-15-11-8-12-16-38)30-50-53(48)55(46)45-19-17-39(29-49(45)57-50)37-13-9-7-10-14-37/h7-30H,1-6H3. The van der Waals surface area contributed by atoms with E-state index in [0.29, 0.717) is 0 Å². The molecular formula is C54H42BNO. The van der Waals surface area contributed by atoms with Crippen molar-refractivity contribution in [2.75, 3.05) is 0 Å². The second-order valence-electron chi connectivity index (χ2n) is 16.5. The Balaban J connectivity index is 1.27. The summed E-state index contributed by atoms with van der Waals surface area (Å²) in [5.74, 6) is 1.84. The molecule has 0 atom stereocenters. The summed E-state index contributed by atoms with van der Waals surface area (Å²) in [6.45, 7) is 13.4. The fourth-order valence-corrected chi connectivity index (χ4v) is 10.5. The first-order chi connectivity index (χ1) is 27.7. The summed E-state index contributed by atoms with van der Waals surface area (Å²) in [7, 11) is 0. The Morgan fingerprint density at radius 3 is 1.63 bits per heavy atom. The fraction of sp³-hybridized carbons (Fsp3) is 0.111. The van der Waals surface area contributed by atoms with Gasteiger partial charge < -0.3 is 9.30 Å². The van der Waals surface area contributed by atoms with Crippen molar-refractivity contribution >= 4 is 44.9 Å². The first kappa shape index (κ1) is 33.7. The number of aryl methyl sites for hydroxylation is 6. The molecule has 0 amide bonds. The minimum atomic E-state index is -0.0141. The van der Waals surface area contributed by atoms with Crippen molar-refractivity contribution in [1.82, 2.24) is 4.57 Å². The molecule has 11 rings (SSSR count). The number of hydrogen-bond acceptors (Lipinski definition) is 1. The van der Waals surface area contributed by atoms with Gasteiger partial charge in [-0.15, -0.1) is 0 Å². The molecule has 0 unspecified atom stereocenters. The zero-order chi connectivity index (χ0) is 38.7. The van der Waals surface area contributed by atoms with Crippen molar-refractivity contribution in [2.24, 2.45) is 0 Å². The van der Waals surface area contributed by atoms with Gasteiger partial charge in [-0.25, -0.2) is 0 Å². The molecule has 0 saturated carbocycles. The highest BCUT2D eigenvalue weighted by molar-refractivity contribution is 6.99.